The van der Waals surface area contributed by atoms with Gasteiger partial charge in [-0.1, -0.05) is 27.7 Å². The number of hydrogen-bond donors (Lipinski definition) is 2. The Bertz CT molecular complexity index is 2130. The highest BCUT2D eigenvalue weighted by atomic mass is 32.2. The van der Waals surface area contributed by atoms with E-state index in [1.165, 1.54) is 4.90 Å². The first-order chi connectivity index (χ1) is 43.7. The number of aliphatic hydroxyl groups is 1. The van der Waals surface area contributed by atoms with Gasteiger partial charge in [0.2, 0.25) is 0 Å². The van der Waals surface area contributed by atoms with Crippen molar-refractivity contribution in [3.63, 3.8) is 0 Å². The molecule has 4 rings (SSSR count). The van der Waals surface area contributed by atoms with Crippen LogP contribution in [0.2, 0.25) is 38.8 Å². The van der Waals surface area contributed by atoms with E-state index in [0.717, 1.165) is 90.4 Å². The number of rotatable bonds is 45. The van der Waals surface area contributed by atoms with Crippen molar-refractivity contribution < 1.29 is 113 Å². The molecule has 0 amide bonds. The molecule has 4 bridgehead atoms. The zero-order chi connectivity index (χ0) is 72.4. The molecule has 24 nitrogen and oxygen atoms in total. The summed E-state index contributed by atoms with van der Waals surface area (Å²) in [6.45, 7) is 44.8. The fourth-order valence-corrected chi connectivity index (χ4v) is 18.6. The van der Waals surface area contributed by atoms with Crippen molar-refractivity contribution in [1.29, 1.82) is 0 Å². The highest BCUT2D eigenvalue weighted by molar-refractivity contribution is 7.85. The van der Waals surface area contributed by atoms with E-state index in [1.807, 2.05) is 83.1 Å². The zero-order valence-corrected chi connectivity index (χ0v) is 65.1. The Balaban J connectivity index is 0. The zero-order valence-electron chi connectivity index (χ0n) is 62.3. The Morgan fingerprint density at radius 2 is 0.862 bits per heavy atom. The van der Waals surface area contributed by atoms with Crippen LogP contribution in [0.4, 0.5) is 0 Å². The van der Waals surface area contributed by atoms with Gasteiger partial charge in [0.15, 0.2) is 16.6 Å². The first kappa shape index (κ1) is 93.3. The molecule has 0 radical (unpaired) electrons. The monoisotopic (exact) mass is 1410 g/mol. The molecule has 0 spiro atoms. The van der Waals surface area contributed by atoms with Gasteiger partial charge in [-0.25, -0.2) is 8.42 Å². The summed E-state index contributed by atoms with van der Waals surface area (Å²) in [7, 11) is -0.824. The maximum absolute atomic E-state index is 12.8. The van der Waals surface area contributed by atoms with Gasteiger partial charge in [-0.3, -0.25) is 24.0 Å². The summed E-state index contributed by atoms with van der Waals surface area (Å²) in [6.07, 6.45) is 8.30. The number of ether oxygens (including phenoxy) is 13. The molecule has 94 heavy (non-hydrogen) atoms. The van der Waals surface area contributed by atoms with Crippen LogP contribution < -0.4 is 4.90 Å². The summed E-state index contributed by atoms with van der Waals surface area (Å²) in [6, 6.07) is 1.05. The molecule has 2 atom stereocenters. The Morgan fingerprint density at radius 3 is 1.22 bits per heavy atom. The number of nitrogens with one attached hydrogen (secondary N) is 1. The Labute approximate surface area is 569 Å². The average Bonchev–Trinajstić information content (AvgIpc) is 0.718. The van der Waals surface area contributed by atoms with Crippen LogP contribution in [0, 0.1) is 38.9 Å². The minimum absolute atomic E-state index is 0.0828. The molecule has 0 saturated heterocycles. The maximum atomic E-state index is 12.8. The van der Waals surface area contributed by atoms with Crippen molar-refractivity contribution in [3.05, 3.63) is 0 Å². The van der Waals surface area contributed by atoms with Crippen LogP contribution in [0.3, 0.4) is 0 Å². The highest BCUT2D eigenvalue weighted by Gasteiger charge is 2.63. The number of carbonyl (C=O) groups excluding carboxylic acids is 5. The van der Waals surface area contributed by atoms with E-state index in [2.05, 4.69) is 32.7 Å². The fourth-order valence-electron chi connectivity index (χ4n) is 10.3. The van der Waals surface area contributed by atoms with Crippen LogP contribution in [-0.4, -0.2) is 236 Å². The van der Waals surface area contributed by atoms with Crippen molar-refractivity contribution in [1.82, 2.24) is 0 Å². The lowest BCUT2D eigenvalue weighted by Gasteiger charge is -2.60. The third-order valence-electron chi connectivity index (χ3n) is 17.1. The highest BCUT2D eigenvalue weighted by Crippen LogP contribution is 2.63. The van der Waals surface area contributed by atoms with Gasteiger partial charge < -0.3 is 80.3 Å². The van der Waals surface area contributed by atoms with Crippen molar-refractivity contribution >= 4 is 56.6 Å². The van der Waals surface area contributed by atoms with Gasteiger partial charge in [0, 0.05) is 34.9 Å². The SMILES string of the molecule is CCC(C)(C)C(=O)OC12CC3CC(C1)CC(C(=O)OCCS(=O)(=O)[O-])(C3)C2.CCC(C)(C)C(=O)OCCC[Si](C)(C)O[Si](C)(C)C.CCC(C)(C)C(=O)OCCO.CCC(C)(C)C(=O)OCCOCCOC.COCCOCC[NH+](CCOCCOC)CCOCCOC. The molecule has 4 aliphatic rings. The van der Waals surface area contributed by atoms with Crippen molar-refractivity contribution in [2.24, 2.45) is 38.9 Å². The predicted molar refractivity (Wildman–Crippen MR) is 365 cm³/mol. The number of carbonyl (C=O) groups is 5. The van der Waals surface area contributed by atoms with Gasteiger partial charge in [-0.05, 0) is 170 Å². The molecule has 4 saturated carbocycles. The van der Waals surface area contributed by atoms with E-state index in [0.29, 0.717) is 110 Å². The van der Waals surface area contributed by atoms with E-state index >= 15 is 0 Å². The Hall–Kier alpha value is -2.75. The minimum Gasteiger partial charge on any atom is -0.748 e. The molecular formula is C67H133NO23SSi2. The molecular weight excluding hydrogens is 1270 g/mol. The number of methoxy groups -OCH3 is 4. The van der Waals surface area contributed by atoms with Crippen LogP contribution in [0.1, 0.15) is 154 Å². The summed E-state index contributed by atoms with van der Waals surface area (Å²) in [5.41, 5.74) is -3.10. The van der Waals surface area contributed by atoms with Crippen LogP contribution in [0.5, 0.6) is 0 Å². The van der Waals surface area contributed by atoms with Gasteiger partial charge in [-0.2, -0.15) is 0 Å². The Morgan fingerprint density at radius 1 is 0.500 bits per heavy atom. The van der Waals surface area contributed by atoms with Crippen molar-refractivity contribution in [3.8, 4) is 0 Å². The standard InChI is InChI=1S/C19H30O7S.C15H33NO6.C14H32O3Si2.C11H22O4.C8H16O3/c1-4-17(2,3)15(20)26-19-10-13-7-14(11-19)9-18(8-13,12-19)16(21)25-5-6-27(22,23)24;1-17-10-13-20-7-4-16(5-8-21-14-11-18-2)6-9-22-15-12-19-3;1-9-14(2,3)13(15)16-11-10-12-19(7,8)17-18(4,5)6;1-5-11(2,3)10(12)15-9-8-14-7-6-13-4;1-4-8(2,3)7(10)11-6-5-9/h13-14H,4-12H2,1-3H3,(H,22,23,24);4-15H2,1-3H3;9-12H2,1-8H3;5-9H2,1-4H3;9H,4-6H2,1-3H3. The van der Waals surface area contributed by atoms with E-state index < -0.39 is 72.3 Å². The van der Waals surface area contributed by atoms with E-state index in [4.69, 9.17) is 70.8 Å². The lowest BCUT2D eigenvalue weighted by Crippen LogP contribution is -3.13. The second kappa shape index (κ2) is 48.1. The average molecular weight is 1410 g/mol. The normalized spacial score (nSPS) is 18.6. The maximum Gasteiger partial charge on any atom is 0.312 e. The third kappa shape index (κ3) is 42.3. The van der Waals surface area contributed by atoms with Gasteiger partial charge in [0.1, 0.15) is 45.1 Å². The minimum atomic E-state index is -4.42. The summed E-state index contributed by atoms with van der Waals surface area (Å²) in [4.78, 5) is 61.3. The van der Waals surface area contributed by atoms with E-state index in [9.17, 15) is 36.9 Å². The van der Waals surface area contributed by atoms with Crippen molar-refractivity contribution in [2.45, 2.75) is 198 Å². The summed E-state index contributed by atoms with van der Waals surface area (Å²) < 4.78 is 106. The molecule has 0 aromatic rings. The molecule has 558 valence electrons. The second-order valence-electron chi connectivity index (χ2n) is 28.8. The summed E-state index contributed by atoms with van der Waals surface area (Å²) in [5, 5.41) is 8.38. The molecule has 2 unspecified atom stereocenters. The number of aliphatic hydroxyl groups excluding tert-OH is 1. The summed E-state index contributed by atoms with van der Waals surface area (Å²) in [5.74, 6) is -1.27. The van der Waals surface area contributed by atoms with Crippen LogP contribution in [-0.2, 0) is 99.8 Å². The van der Waals surface area contributed by atoms with Gasteiger partial charge >= 0.3 is 29.8 Å². The van der Waals surface area contributed by atoms with Gasteiger partial charge in [0.25, 0.3) is 0 Å². The molecule has 27 heteroatoms. The molecule has 4 fully saturated rings. The smallest absolute Gasteiger partial charge is 0.312 e. The molecule has 0 aromatic heterocycles. The number of esters is 5. The molecule has 2 N–H and O–H groups in total. The number of quaternary nitrogens is 1. The fraction of sp³-hybridized carbons (Fsp3) is 0.925. The quantitative estimate of drug-likeness (QED) is 0.0191. The van der Waals surface area contributed by atoms with E-state index in [1.54, 1.807) is 28.4 Å². The van der Waals surface area contributed by atoms with Gasteiger partial charge in [0.05, 0.1) is 135 Å². The number of hydrogen-bond acceptors (Lipinski definition) is 23. The third-order valence-corrected chi connectivity index (χ3v) is 24.0. The second-order valence-corrected chi connectivity index (χ2v) is 39.4. The largest absolute Gasteiger partial charge is 0.748 e. The first-order valence-electron chi connectivity index (χ1n) is 34.0. The molecule has 0 aromatic carbocycles. The Kier molecular flexibility index (Phi) is 47.8. The van der Waals surface area contributed by atoms with E-state index in [-0.39, 0.29) is 42.5 Å². The summed E-state index contributed by atoms with van der Waals surface area (Å²) >= 11 is 0. The molecule has 0 aliphatic heterocycles. The van der Waals surface area contributed by atoms with Gasteiger partial charge in [-0.15, -0.1) is 0 Å². The van der Waals surface area contributed by atoms with Crippen LogP contribution >= 0.6 is 0 Å². The molecule has 0 heterocycles. The lowest BCUT2D eigenvalue weighted by atomic mass is 9.48. The topological polar surface area (TPSA) is 296 Å². The lowest BCUT2D eigenvalue weighted by molar-refractivity contribution is -0.901. The molecule has 4 aliphatic carbocycles. The van der Waals surface area contributed by atoms with Crippen molar-refractivity contribution in [2.75, 3.05) is 166 Å². The first-order valence-corrected chi connectivity index (χ1v) is 42.1. The van der Waals surface area contributed by atoms with Crippen LogP contribution in [0.15, 0.2) is 0 Å². The predicted octanol–water partition coefficient (Wildman–Crippen LogP) is 8.25. The van der Waals surface area contributed by atoms with Crippen LogP contribution in [0.25, 0.3) is 0 Å².